The van der Waals surface area contributed by atoms with Gasteiger partial charge >= 0.3 is 6.43 Å². The van der Waals surface area contributed by atoms with Gasteiger partial charge in [0.25, 0.3) is 5.89 Å². The molecule has 0 N–H and O–H groups in total. The molecule has 1 aromatic carbocycles. The summed E-state index contributed by atoms with van der Waals surface area (Å²) in [4.78, 5) is 4.23. The lowest BCUT2D eigenvalue weighted by Crippen LogP contribution is -2.03. The molecule has 11 heteroatoms. The van der Waals surface area contributed by atoms with Crippen LogP contribution in [0.4, 0.5) is 13.2 Å². The van der Waals surface area contributed by atoms with Crippen molar-refractivity contribution in [2.75, 3.05) is 0 Å². The Morgan fingerprint density at radius 2 is 1.93 bits per heavy atom. The Kier molecular flexibility index (Phi) is 4.90. The average molecular weight is 451 g/mol. The van der Waals surface area contributed by atoms with Crippen LogP contribution in [-0.4, -0.2) is 30.2 Å². The summed E-state index contributed by atoms with van der Waals surface area (Å²) in [6, 6.07) is 7.76. The number of rotatable bonds is 5. The first-order valence-electron chi connectivity index (χ1n) is 7.92. The number of hydrogen-bond donors (Lipinski definition) is 0. The molecule has 0 aliphatic heterocycles. The van der Waals surface area contributed by atoms with Crippen molar-refractivity contribution in [2.24, 2.45) is 0 Å². The summed E-state index contributed by atoms with van der Waals surface area (Å²) in [6.07, 6.45) is 0.410. The van der Waals surface area contributed by atoms with Gasteiger partial charge in [-0.25, -0.2) is 9.07 Å². The summed E-state index contributed by atoms with van der Waals surface area (Å²) in [5, 5.41) is 14.7. The molecule has 4 rings (SSSR count). The molecule has 0 bridgehead atoms. The monoisotopic (exact) mass is 450 g/mol. The number of alkyl halides is 2. The first kappa shape index (κ1) is 18.3. The van der Waals surface area contributed by atoms with E-state index in [1.54, 1.807) is 18.5 Å². The fraction of sp³-hybridized carbons (Fsp3) is 0.118. The van der Waals surface area contributed by atoms with Crippen molar-refractivity contribution in [2.45, 2.75) is 13.0 Å². The van der Waals surface area contributed by atoms with Gasteiger partial charge in [-0.1, -0.05) is 11.3 Å². The van der Waals surface area contributed by atoms with E-state index in [2.05, 4.69) is 41.4 Å². The van der Waals surface area contributed by atoms with Gasteiger partial charge in [0.05, 0.1) is 18.4 Å². The third-order valence-corrected chi connectivity index (χ3v) is 4.26. The van der Waals surface area contributed by atoms with Crippen molar-refractivity contribution in [1.29, 1.82) is 0 Å². The van der Waals surface area contributed by atoms with Crippen LogP contribution in [0.25, 0.3) is 22.8 Å². The van der Waals surface area contributed by atoms with Gasteiger partial charge in [-0.15, -0.1) is 15.3 Å². The van der Waals surface area contributed by atoms with Crippen LogP contribution in [0.2, 0.25) is 0 Å². The van der Waals surface area contributed by atoms with Gasteiger partial charge in [0, 0.05) is 21.8 Å². The Hall–Kier alpha value is -3.08. The normalized spacial score (nSPS) is 11.3. The molecule has 0 unspecified atom stereocenters. The zero-order valence-electron chi connectivity index (χ0n) is 13.9. The molecule has 4 aromatic rings. The summed E-state index contributed by atoms with van der Waals surface area (Å²) >= 11 is 3.31. The van der Waals surface area contributed by atoms with Gasteiger partial charge in [0.15, 0.2) is 0 Å². The van der Waals surface area contributed by atoms with Gasteiger partial charge in [0.2, 0.25) is 5.89 Å². The minimum absolute atomic E-state index is 0.127. The fourth-order valence-corrected chi connectivity index (χ4v) is 2.68. The predicted octanol–water partition coefficient (Wildman–Crippen LogP) is 4.28. The quantitative estimate of drug-likeness (QED) is 0.451. The molecule has 0 aliphatic carbocycles. The van der Waals surface area contributed by atoms with E-state index in [4.69, 9.17) is 4.42 Å². The molecule has 0 fully saturated rings. The molecule has 28 heavy (non-hydrogen) atoms. The van der Waals surface area contributed by atoms with Crippen LogP contribution in [0.15, 0.2) is 51.6 Å². The highest BCUT2D eigenvalue weighted by Crippen LogP contribution is 2.25. The van der Waals surface area contributed by atoms with Gasteiger partial charge < -0.3 is 4.42 Å². The topological polar surface area (TPSA) is 82.5 Å². The van der Waals surface area contributed by atoms with Crippen LogP contribution in [0.1, 0.15) is 17.9 Å². The molecule has 0 radical (unpaired) electrons. The number of nitrogens with zero attached hydrogens (tertiary/aromatic N) is 6. The summed E-state index contributed by atoms with van der Waals surface area (Å²) in [5.74, 6) is -1.55. The first-order chi connectivity index (χ1) is 13.5. The van der Waals surface area contributed by atoms with Crippen LogP contribution in [0.5, 0.6) is 0 Å². The molecule has 0 aliphatic rings. The number of hydrogen-bond acceptors (Lipinski definition) is 6. The van der Waals surface area contributed by atoms with Crippen molar-refractivity contribution >= 4 is 15.9 Å². The van der Waals surface area contributed by atoms with E-state index in [1.807, 2.05) is 6.07 Å². The zero-order valence-corrected chi connectivity index (χ0v) is 15.5. The lowest BCUT2D eigenvalue weighted by Gasteiger charge is -2.04. The van der Waals surface area contributed by atoms with Gasteiger partial charge in [0.1, 0.15) is 11.5 Å². The molecule has 0 amide bonds. The van der Waals surface area contributed by atoms with E-state index < -0.39 is 18.1 Å². The average Bonchev–Trinajstić information content (AvgIpc) is 3.34. The first-order valence-corrected chi connectivity index (χ1v) is 8.71. The summed E-state index contributed by atoms with van der Waals surface area (Å²) in [7, 11) is 0. The van der Waals surface area contributed by atoms with E-state index in [9.17, 15) is 13.2 Å². The van der Waals surface area contributed by atoms with E-state index in [-0.39, 0.29) is 18.0 Å². The van der Waals surface area contributed by atoms with Crippen LogP contribution < -0.4 is 0 Å². The molecule has 142 valence electrons. The lowest BCUT2D eigenvalue weighted by atomic mass is 10.1. The van der Waals surface area contributed by atoms with Crippen LogP contribution in [-0.2, 0) is 6.54 Å². The SMILES string of the molecule is Fc1cc(-c2nnc(C(F)F)o2)ccc1Cn1cc(-c2ccc(Br)cn2)nn1. The predicted molar refractivity (Wildman–Crippen MR) is 94.7 cm³/mol. The maximum absolute atomic E-state index is 14.4. The molecule has 0 spiro atoms. The Balaban J connectivity index is 1.53. The Morgan fingerprint density at radius 3 is 2.61 bits per heavy atom. The van der Waals surface area contributed by atoms with E-state index in [0.29, 0.717) is 17.0 Å². The highest BCUT2D eigenvalue weighted by molar-refractivity contribution is 9.10. The molecule has 0 atom stereocenters. The molecule has 3 heterocycles. The van der Waals surface area contributed by atoms with Crippen molar-refractivity contribution in [3.8, 4) is 22.8 Å². The third-order valence-electron chi connectivity index (χ3n) is 3.79. The molecular formula is C17H10BrF3N6O. The van der Waals surface area contributed by atoms with Crippen molar-refractivity contribution < 1.29 is 17.6 Å². The largest absolute Gasteiger partial charge is 0.415 e. The second kappa shape index (κ2) is 7.50. The zero-order chi connectivity index (χ0) is 19.7. The Morgan fingerprint density at radius 1 is 1.07 bits per heavy atom. The number of pyridine rings is 1. The van der Waals surface area contributed by atoms with Gasteiger partial charge in [-0.2, -0.15) is 8.78 Å². The standard InChI is InChI=1S/C17H10BrF3N6O/c18-11-3-4-13(22-6-11)14-8-27(26-23-14)7-10-2-1-9(5-12(10)19)16-24-25-17(28-16)15(20)21/h1-6,8,15H,7H2. The van der Waals surface area contributed by atoms with Crippen LogP contribution >= 0.6 is 15.9 Å². The number of halogens is 4. The highest BCUT2D eigenvalue weighted by Gasteiger charge is 2.18. The summed E-state index contributed by atoms with van der Waals surface area (Å²) < 4.78 is 46.7. The summed E-state index contributed by atoms with van der Waals surface area (Å²) in [6.45, 7) is 0.127. The van der Waals surface area contributed by atoms with Crippen molar-refractivity contribution in [1.82, 2.24) is 30.2 Å². The second-order valence-corrected chi connectivity index (χ2v) is 6.63. The van der Waals surface area contributed by atoms with E-state index >= 15 is 0 Å². The van der Waals surface area contributed by atoms with Crippen molar-refractivity contribution in [3.63, 3.8) is 0 Å². The minimum Gasteiger partial charge on any atom is -0.415 e. The van der Waals surface area contributed by atoms with Crippen LogP contribution in [0, 0.1) is 5.82 Å². The minimum atomic E-state index is -2.88. The third kappa shape index (κ3) is 3.79. The molecular weight excluding hydrogens is 441 g/mol. The maximum atomic E-state index is 14.4. The lowest BCUT2D eigenvalue weighted by molar-refractivity contribution is 0.116. The highest BCUT2D eigenvalue weighted by atomic mass is 79.9. The smallest absolute Gasteiger partial charge is 0.314 e. The molecule has 0 saturated carbocycles. The molecule has 0 saturated heterocycles. The Bertz CT molecular complexity index is 1110. The van der Waals surface area contributed by atoms with Gasteiger partial charge in [-0.05, 0) is 40.2 Å². The van der Waals surface area contributed by atoms with Gasteiger partial charge in [-0.3, -0.25) is 4.98 Å². The van der Waals surface area contributed by atoms with Crippen LogP contribution in [0.3, 0.4) is 0 Å². The molecule has 7 nitrogen and oxygen atoms in total. The van der Waals surface area contributed by atoms with E-state index in [0.717, 1.165) is 10.5 Å². The number of benzene rings is 1. The number of aromatic nitrogens is 6. The van der Waals surface area contributed by atoms with Crippen molar-refractivity contribution in [3.05, 3.63) is 64.5 Å². The van der Waals surface area contributed by atoms with E-state index in [1.165, 1.54) is 16.8 Å². The fourth-order valence-electron chi connectivity index (χ4n) is 2.44. The second-order valence-electron chi connectivity index (χ2n) is 5.72. The Labute approximate surface area is 164 Å². The molecule has 3 aromatic heterocycles. The summed E-state index contributed by atoms with van der Waals surface area (Å²) in [5.41, 5.74) is 1.72. The maximum Gasteiger partial charge on any atom is 0.314 e.